The van der Waals surface area contributed by atoms with Gasteiger partial charge in [0, 0.05) is 0 Å². The van der Waals surface area contributed by atoms with Crippen LogP contribution in [0.25, 0.3) is 0 Å². The minimum absolute atomic E-state index is 0.0283. The van der Waals surface area contributed by atoms with Gasteiger partial charge in [-0.3, -0.25) is 14.4 Å². The fourth-order valence-electron chi connectivity index (χ4n) is 4.66. The average molecular weight is 823 g/mol. The number of terminal acetylenes is 1. The molecule has 0 fully saturated rings. The summed E-state index contributed by atoms with van der Waals surface area (Å²) in [6, 6.07) is 17.2. The van der Waals surface area contributed by atoms with Crippen molar-refractivity contribution in [1.82, 2.24) is 10.6 Å². The van der Waals surface area contributed by atoms with E-state index in [1.807, 2.05) is 102 Å². The van der Waals surface area contributed by atoms with Gasteiger partial charge in [-0.25, -0.2) is 9.59 Å². The molecule has 2 rings (SSSR count). The molecule has 0 aliphatic carbocycles. The van der Waals surface area contributed by atoms with Crippen LogP contribution in [0.15, 0.2) is 60.7 Å². The number of benzene rings is 2. The number of ketones is 1. The molecule has 59 heavy (non-hydrogen) atoms. The Labute approximate surface area is 353 Å². The van der Waals surface area contributed by atoms with E-state index in [4.69, 9.17) is 18.9 Å². The topological polar surface area (TPSA) is 167 Å². The number of aliphatic hydroxyl groups is 1. The number of hydrogen-bond donors (Lipinski definition) is 3. The van der Waals surface area contributed by atoms with Gasteiger partial charge in [-0.2, -0.15) is 0 Å². The van der Waals surface area contributed by atoms with Gasteiger partial charge in [0.1, 0.15) is 30.8 Å². The molecule has 2 amide bonds. The molecule has 0 spiro atoms. The van der Waals surface area contributed by atoms with Crippen molar-refractivity contribution in [3.63, 3.8) is 0 Å². The van der Waals surface area contributed by atoms with Crippen LogP contribution in [-0.2, 0) is 46.5 Å². The number of hydrogen-bond acceptors (Lipinski definition) is 10. The monoisotopic (exact) mass is 823 g/mol. The summed E-state index contributed by atoms with van der Waals surface area (Å²) in [4.78, 5) is 60.5. The number of carbonyl (C=O) groups excluding carboxylic acids is 5. The Balaban J connectivity index is 0. The molecule has 0 radical (unpaired) electrons. The minimum atomic E-state index is -1.05. The molecule has 0 aliphatic heterocycles. The molecular weight excluding hydrogens is 753 g/mol. The van der Waals surface area contributed by atoms with Gasteiger partial charge in [-0.1, -0.05) is 101 Å². The molecule has 3 N–H and O–H groups in total. The maximum Gasteiger partial charge on any atom is 0.408 e. The Bertz CT molecular complexity index is 1610. The van der Waals surface area contributed by atoms with Crippen molar-refractivity contribution in [2.75, 3.05) is 0 Å². The number of Topliss-reactive ketones (excluding diaryl/α,β-unsaturated/α-hetero) is 1. The highest BCUT2D eigenvalue weighted by Crippen LogP contribution is 2.17. The molecule has 12 nitrogen and oxygen atoms in total. The zero-order chi connectivity index (χ0) is 45.6. The van der Waals surface area contributed by atoms with Gasteiger partial charge < -0.3 is 34.7 Å². The molecule has 0 aliphatic rings. The molecule has 0 heterocycles. The van der Waals surface area contributed by atoms with Gasteiger partial charge >= 0.3 is 24.1 Å². The highest BCUT2D eigenvalue weighted by molar-refractivity contribution is 5.99. The Kier molecular flexibility index (Phi) is 29.0. The van der Waals surface area contributed by atoms with E-state index in [0.29, 0.717) is 6.42 Å². The first kappa shape index (κ1) is 55.8. The molecule has 2 aromatic rings. The Morgan fingerprint density at radius 2 is 1.07 bits per heavy atom. The third kappa shape index (κ3) is 29.5. The first-order valence-electron chi connectivity index (χ1n) is 19.9. The summed E-state index contributed by atoms with van der Waals surface area (Å²) in [5, 5.41) is 15.7. The number of esters is 2. The van der Waals surface area contributed by atoms with E-state index in [1.165, 1.54) is 0 Å². The van der Waals surface area contributed by atoms with Gasteiger partial charge in [0.25, 0.3) is 0 Å². The first-order valence-corrected chi connectivity index (χ1v) is 19.9. The fraction of sp³-hybridized carbons (Fsp3) is 0.553. The van der Waals surface area contributed by atoms with Crippen LogP contribution in [0.5, 0.6) is 0 Å². The predicted molar refractivity (Wildman–Crippen MR) is 232 cm³/mol. The summed E-state index contributed by atoms with van der Waals surface area (Å²) in [7, 11) is 0. The molecule has 328 valence electrons. The molecule has 0 unspecified atom stereocenters. The van der Waals surface area contributed by atoms with Crippen LogP contribution >= 0.6 is 0 Å². The second-order valence-corrected chi connectivity index (χ2v) is 15.6. The summed E-state index contributed by atoms with van der Waals surface area (Å²) in [6.07, 6.45) is 3.07. The molecule has 5 atom stereocenters. The summed E-state index contributed by atoms with van der Waals surface area (Å²) in [5.74, 6) is 5.94. The van der Waals surface area contributed by atoms with Crippen molar-refractivity contribution in [1.29, 1.82) is 0 Å². The van der Waals surface area contributed by atoms with Crippen LogP contribution in [0, 0.1) is 36.0 Å². The lowest BCUT2D eigenvalue weighted by Crippen LogP contribution is -2.49. The maximum absolute atomic E-state index is 12.5. The number of ether oxygens (including phenoxy) is 4. The van der Waals surface area contributed by atoms with Crippen molar-refractivity contribution in [2.24, 2.45) is 11.8 Å². The third-order valence-corrected chi connectivity index (χ3v) is 8.02. The van der Waals surface area contributed by atoms with Gasteiger partial charge in [0.15, 0.2) is 5.78 Å². The average Bonchev–Trinajstić information content (AvgIpc) is 3.16. The molecule has 0 saturated carbocycles. The molecule has 2 aromatic carbocycles. The lowest BCUT2D eigenvalue weighted by Gasteiger charge is -2.30. The molecule has 0 bridgehead atoms. The zero-order valence-corrected chi connectivity index (χ0v) is 37.6. The maximum atomic E-state index is 12.5. The normalized spacial score (nSPS) is 12.8. The first-order chi connectivity index (χ1) is 27.6. The van der Waals surface area contributed by atoms with Gasteiger partial charge in [-0.05, 0) is 85.3 Å². The Hall–Kier alpha value is -5.33. The quantitative estimate of drug-likeness (QED) is 0.0645. The van der Waals surface area contributed by atoms with Crippen molar-refractivity contribution in [3.05, 3.63) is 71.8 Å². The summed E-state index contributed by atoms with van der Waals surface area (Å²) < 4.78 is 20.8. The highest BCUT2D eigenvalue weighted by atomic mass is 16.6. The number of alkyl carbamates (subject to hydrolysis) is 2. The van der Waals surface area contributed by atoms with Crippen LogP contribution in [0.4, 0.5) is 9.59 Å². The minimum Gasteiger partial charge on any atom is -0.461 e. The fourth-order valence-corrected chi connectivity index (χ4v) is 4.66. The van der Waals surface area contributed by atoms with Crippen LogP contribution < -0.4 is 10.6 Å². The lowest BCUT2D eigenvalue weighted by atomic mass is 9.93. The number of aliphatic hydroxyl groups excluding tert-OH is 1. The molecule has 0 aromatic heterocycles. The van der Waals surface area contributed by atoms with E-state index in [2.05, 4.69) is 34.8 Å². The van der Waals surface area contributed by atoms with E-state index in [0.717, 1.165) is 17.5 Å². The van der Waals surface area contributed by atoms with Crippen molar-refractivity contribution >= 4 is 29.9 Å². The number of nitrogens with one attached hydrogen (secondary N) is 2. The van der Waals surface area contributed by atoms with Crippen LogP contribution in [0.3, 0.4) is 0 Å². The van der Waals surface area contributed by atoms with Crippen molar-refractivity contribution in [2.45, 2.75) is 158 Å². The van der Waals surface area contributed by atoms with E-state index < -0.39 is 59.9 Å². The van der Waals surface area contributed by atoms with Crippen molar-refractivity contribution in [3.8, 4) is 24.2 Å². The smallest absolute Gasteiger partial charge is 0.408 e. The predicted octanol–water partition coefficient (Wildman–Crippen LogP) is 8.72. The third-order valence-electron chi connectivity index (χ3n) is 8.02. The standard InChI is InChI=1S/C20H31NO5.C20H29NO5.C4H6.C3H4/c2*1-6-14(2)18(21-19(24)26-20(3,4)5)16(22)12-17(23)25-13-15-10-8-7-9-11-15;1-3-4-2;1-3-2/h7-11,14,16,18,22H,6,12-13H2,1-5H3,(H,21,24);7-11,14,18H,6,12-13H2,1-5H3,(H,21,24);1-2H3;1H,2H3/t14-,16-,18+;14-,18+;;/m00../s1. The van der Waals surface area contributed by atoms with Crippen LogP contribution in [0.1, 0.15) is 127 Å². The summed E-state index contributed by atoms with van der Waals surface area (Å²) >= 11 is 0. The molecule has 0 saturated heterocycles. The second-order valence-electron chi connectivity index (χ2n) is 15.6. The molecular formula is C47H70N2O10. The van der Waals surface area contributed by atoms with Crippen LogP contribution in [-0.4, -0.2) is 64.4 Å². The SMILES string of the molecule is C#CC.CC#CC.CC[C@H](C)[C@@H](NC(=O)OC(C)(C)C)C(=O)CC(=O)OCc1ccccc1.CC[C@H](C)[C@@H](NC(=O)OC(C)(C)C)[C@@H](O)CC(=O)OCc1ccccc1. The number of rotatable bonds is 16. The van der Waals surface area contributed by atoms with E-state index in [1.54, 1.807) is 48.5 Å². The number of carbonyl (C=O) groups is 5. The molecule has 12 heteroatoms. The van der Waals surface area contributed by atoms with Crippen LogP contribution in [0.2, 0.25) is 0 Å². The van der Waals surface area contributed by atoms with Gasteiger partial charge in [0.05, 0.1) is 24.6 Å². The van der Waals surface area contributed by atoms with Gasteiger partial charge in [-0.15, -0.1) is 24.2 Å². The van der Waals surface area contributed by atoms with E-state index in [9.17, 15) is 29.1 Å². The second kappa shape index (κ2) is 30.7. The Morgan fingerprint density at radius 1 is 0.678 bits per heavy atom. The zero-order valence-electron chi connectivity index (χ0n) is 37.6. The van der Waals surface area contributed by atoms with Gasteiger partial charge in [0.2, 0.25) is 0 Å². The summed E-state index contributed by atoms with van der Waals surface area (Å²) in [6.45, 7) is 23.7. The summed E-state index contributed by atoms with van der Waals surface area (Å²) in [5.41, 5.74) is 0.421. The number of amides is 2. The van der Waals surface area contributed by atoms with E-state index in [-0.39, 0.29) is 37.3 Å². The Morgan fingerprint density at radius 3 is 1.44 bits per heavy atom. The largest absolute Gasteiger partial charge is 0.461 e. The van der Waals surface area contributed by atoms with Crippen molar-refractivity contribution < 1.29 is 48.0 Å². The lowest BCUT2D eigenvalue weighted by molar-refractivity contribution is -0.149. The highest BCUT2D eigenvalue weighted by Gasteiger charge is 2.31. The van der Waals surface area contributed by atoms with E-state index >= 15 is 0 Å².